The van der Waals surface area contributed by atoms with Gasteiger partial charge in [0, 0.05) is 12.6 Å². The fraction of sp³-hybridized carbons (Fsp3) is 0.355. The molecule has 0 bridgehead atoms. The molecule has 0 radical (unpaired) electrons. The van der Waals surface area contributed by atoms with Crippen LogP contribution in [0.25, 0.3) is 0 Å². The van der Waals surface area contributed by atoms with Gasteiger partial charge in [-0.2, -0.15) is 0 Å². The van der Waals surface area contributed by atoms with Crippen LogP contribution in [0, 0.1) is 0 Å². The van der Waals surface area contributed by atoms with Crippen LogP contribution < -0.4 is 19.1 Å². The second kappa shape index (κ2) is 14.5. The van der Waals surface area contributed by atoms with Crippen molar-refractivity contribution < 1.29 is 27.5 Å². The first kappa shape index (κ1) is 31.5. The third kappa shape index (κ3) is 8.23. The fourth-order valence-electron chi connectivity index (χ4n) is 4.35. The molecule has 1 N–H and O–H groups in total. The number of carbonyl (C=O) groups excluding carboxylic acids is 2. The van der Waals surface area contributed by atoms with Crippen LogP contribution in [0.3, 0.4) is 0 Å². The summed E-state index contributed by atoms with van der Waals surface area (Å²) in [6.07, 6.45) is 0.345. The van der Waals surface area contributed by atoms with E-state index in [1.54, 1.807) is 61.7 Å². The number of anilines is 1. The zero-order chi connectivity index (χ0) is 30.0. The van der Waals surface area contributed by atoms with Gasteiger partial charge in [-0.05, 0) is 81.3 Å². The summed E-state index contributed by atoms with van der Waals surface area (Å²) >= 11 is 0. The lowest BCUT2D eigenvalue weighted by molar-refractivity contribution is -0.140. The van der Waals surface area contributed by atoms with Crippen molar-refractivity contribution in [3.05, 3.63) is 84.4 Å². The second-order valence-electron chi connectivity index (χ2n) is 9.71. The highest BCUT2D eigenvalue weighted by atomic mass is 32.2. The molecule has 3 aromatic rings. The predicted molar refractivity (Wildman–Crippen MR) is 159 cm³/mol. The Kier molecular flexibility index (Phi) is 11.2. The molecule has 3 rings (SSSR count). The van der Waals surface area contributed by atoms with E-state index >= 15 is 0 Å². The number of methoxy groups -OCH3 is 1. The van der Waals surface area contributed by atoms with E-state index in [0.717, 1.165) is 9.87 Å². The van der Waals surface area contributed by atoms with Crippen molar-refractivity contribution in [1.29, 1.82) is 0 Å². The Labute approximate surface area is 243 Å². The van der Waals surface area contributed by atoms with Gasteiger partial charge in [-0.15, -0.1) is 0 Å². The van der Waals surface area contributed by atoms with E-state index < -0.39 is 28.5 Å². The Hall–Kier alpha value is -4.05. The van der Waals surface area contributed by atoms with Gasteiger partial charge in [-0.3, -0.25) is 13.9 Å². The lowest BCUT2D eigenvalue weighted by atomic mass is 10.1. The summed E-state index contributed by atoms with van der Waals surface area (Å²) in [7, 11) is -2.59. The Bertz CT molecular complexity index is 1380. The summed E-state index contributed by atoms with van der Waals surface area (Å²) in [6, 6.07) is 20.8. The number of hydrogen-bond donors (Lipinski definition) is 1. The van der Waals surface area contributed by atoms with Gasteiger partial charge >= 0.3 is 0 Å². The molecule has 1 atom stereocenters. The minimum Gasteiger partial charge on any atom is -0.497 e. The van der Waals surface area contributed by atoms with E-state index in [1.165, 1.54) is 17.0 Å². The number of nitrogens with zero attached hydrogens (tertiary/aromatic N) is 2. The molecule has 0 unspecified atom stereocenters. The third-order valence-electron chi connectivity index (χ3n) is 6.37. The van der Waals surface area contributed by atoms with Gasteiger partial charge < -0.3 is 19.7 Å². The summed E-state index contributed by atoms with van der Waals surface area (Å²) in [5.41, 5.74) is 1.11. The number of nitrogens with one attached hydrogen (secondary N) is 1. The van der Waals surface area contributed by atoms with E-state index in [4.69, 9.17) is 9.47 Å². The Morgan fingerprint density at radius 2 is 1.49 bits per heavy atom. The van der Waals surface area contributed by atoms with Gasteiger partial charge in [0.25, 0.3) is 10.0 Å². The van der Waals surface area contributed by atoms with Crippen LogP contribution in [0.1, 0.15) is 39.7 Å². The number of benzene rings is 3. The van der Waals surface area contributed by atoms with Crippen LogP contribution in [0.15, 0.2) is 83.8 Å². The van der Waals surface area contributed by atoms with E-state index in [2.05, 4.69) is 5.32 Å². The molecular weight excluding hydrogens is 542 g/mol. The highest BCUT2D eigenvalue weighted by molar-refractivity contribution is 7.92. The first-order valence-corrected chi connectivity index (χ1v) is 15.1. The van der Waals surface area contributed by atoms with Crippen molar-refractivity contribution in [2.45, 2.75) is 57.6 Å². The number of sulfonamides is 1. The Balaban J connectivity index is 2.02. The van der Waals surface area contributed by atoms with Gasteiger partial charge in [0.05, 0.1) is 24.3 Å². The van der Waals surface area contributed by atoms with Gasteiger partial charge in [0.15, 0.2) is 0 Å². The van der Waals surface area contributed by atoms with Crippen molar-refractivity contribution in [3.63, 3.8) is 0 Å². The quantitative estimate of drug-likeness (QED) is 0.298. The normalized spacial score (nSPS) is 12.0. The molecule has 0 saturated carbocycles. The monoisotopic (exact) mass is 581 g/mol. The maximum absolute atomic E-state index is 14.1. The minimum absolute atomic E-state index is 0.0175. The first-order chi connectivity index (χ1) is 19.6. The molecule has 0 aliphatic carbocycles. The van der Waals surface area contributed by atoms with Crippen LogP contribution in [-0.4, -0.2) is 57.5 Å². The minimum atomic E-state index is -4.15. The summed E-state index contributed by atoms with van der Waals surface area (Å²) in [5.74, 6) is 0.393. The van der Waals surface area contributed by atoms with Crippen LogP contribution in [0.2, 0.25) is 0 Å². The van der Waals surface area contributed by atoms with Crippen molar-refractivity contribution in [2.24, 2.45) is 0 Å². The summed E-state index contributed by atoms with van der Waals surface area (Å²) in [6.45, 7) is 7.42. The van der Waals surface area contributed by atoms with Crippen molar-refractivity contribution in [1.82, 2.24) is 10.2 Å². The second-order valence-corrected chi connectivity index (χ2v) is 11.6. The molecule has 220 valence electrons. The van der Waals surface area contributed by atoms with Crippen molar-refractivity contribution in [3.8, 4) is 11.5 Å². The van der Waals surface area contributed by atoms with Crippen molar-refractivity contribution >= 4 is 27.5 Å². The zero-order valence-corrected chi connectivity index (χ0v) is 25.1. The summed E-state index contributed by atoms with van der Waals surface area (Å²) in [4.78, 5) is 28.7. The van der Waals surface area contributed by atoms with E-state index in [1.807, 2.05) is 39.8 Å². The number of carbonyl (C=O) groups is 2. The lowest BCUT2D eigenvalue weighted by Gasteiger charge is -2.33. The van der Waals surface area contributed by atoms with Crippen LogP contribution in [-0.2, 0) is 26.2 Å². The smallest absolute Gasteiger partial charge is 0.264 e. The van der Waals surface area contributed by atoms with Gasteiger partial charge in [0.1, 0.15) is 24.1 Å². The molecule has 0 aromatic heterocycles. The standard InChI is InChI=1S/C31H39N3O6S/c1-6-29(31(36)32-23(3)4)33(21-24-13-15-26(39-5)16-14-24)30(35)22-34(25-11-9-8-10-12-25)41(37,38)28-19-17-27(18-20-28)40-7-2/h8-20,23,29H,6-7,21-22H2,1-5H3,(H,32,36)/t29-/m1/s1. The largest absolute Gasteiger partial charge is 0.497 e. The zero-order valence-electron chi connectivity index (χ0n) is 24.2. The third-order valence-corrected chi connectivity index (χ3v) is 8.16. The first-order valence-electron chi connectivity index (χ1n) is 13.6. The van der Waals surface area contributed by atoms with E-state index in [-0.39, 0.29) is 23.4 Å². The maximum Gasteiger partial charge on any atom is 0.264 e. The Morgan fingerprint density at radius 3 is 2.02 bits per heavy atom. The molecule has 2 amide bonds. The van der Waals surface area contributed by atoms with Crippen LogP contribution >= 0.6 is 0 Å². The molecule has 0 saturated heterocycles. The Morgan fingerprint density at radius 1 is 0.878 bits per heavy atom. The van der Waals surface area contributed by atoms with Crippen molar-refractivity contribution in [2.75, 3.05) is 24.6 Å². The molecule has 0 aliphatic rings. The molecule has 0 fully saturated rings. The topological polar surface area (TPSA) is 105 Å². The highest BCUT2D eigenvalue weighted by Gasteiger charge is 2.33. The average Bonchev–Trinajstić information content (AvgIpc) is 2.96. The molecular formula is C31H39N3O6S. The number of para-hydroxylation sites is 1. The highest BCUT2D eigenvalue weighted by Crippen LogP contribution is 2.26. The van der Waals surface area contributed by atoms with Gasteiger partial charge in [-0.25, -0.2) is 8.42 Å². The average molecular weight is 582 g/mol. The van der Waals surface area contributed by atoms with Gasteiger partial charge in [0.2, 0.25) is 11.8 Å². The number of amides is 2. The van der Waals surface area contributed by atoms with E-state index in [0.29, 0.717) is 30.2 Å². The molecule has 10 heteroatoms. The molecule has 0 heterocycles. The molecule has 0 aliphatic heterocycles. The van der Waals surface area contributed by atoms with Gasteiger partial charge in [-0.1, -0.05) is 37.3 Å². The van der Waals surface area contributed by atoms with E-state index in [9.17, 15) is 18.0 Å². The lowest BCUT2D eigenvalue weighted by Crippen LogP contribution is -2.53. The molecule has 41 heavy (non-hydrogen) atoms. The van der Waals surface area contributed by atoms with Crippen LogP contribution in [0.4, 0.5) is 5.69 Å². The molecule has 3 aromatic carbocycles. The summed E-state index contributed by atoms with van der Waals surface area (Å²) in [5, 5.41) is 2.89. The molecule has 9 nitrogen and oxygen atoms in total. The fourth-order valence-corrected chi connectivity index (χ4v) is 5.77. The molecule has 0 spiro atoms. The maximum atomic E-state index is 14.1. The number of hydrogen-bond acceptors (Lipinski definition) is 6. The summed E-state index contributed by atoms with van der Waals surface area (Å²) < 4.78 is 39.6. The van der Waals surface area contributed by atoms with Crippen LogP contribution in [0.5, 0.6) is 11.5 Å². The SMILES string of the molecule is CCOc1ccc(S(=O)(=O)N(CC(=O)N(Cc2ccc(OC)cc2)[C@H](CC)C(=O)NC(C)C)c2ccccc2)cc1. The number of ether oxygens (including phenoxy) is 2. The number of rotatable bonds is 14. The predicted octanol–water partition coefficient (Wildman–Crippen LogP) is 4.62.